The molecule has 0 aliphatic heterocycles. The maximum atomic E-state index is 6.43. The lowest BCUT2D eigenvalue weighted by atomic mass is 9.98. The molecule has 21 heavy (non-hydrogen) atoms. The van der Waals surface area contributed by atoms with Crippen LogP contribution in [-0.2, 0) is 19.9 Å². The van der Waals surface area contributed by atoms with Gasteiger partial charge in [-0.15, -0.1) is 0 Å². The predicted molar refractivity (Wildman–Crippen MR) is 84.3 cm³/mol. The summed E-state index contributed by atoms with van der Waals surface area (Å²) in [7, 11) is 1.91. The van der Waals surface area contributed by atoms with E-state index in [4.69, 9.17) is 21.9 Å². The maximum Gasteiger partial charge on any atom is 0.106 e. The van der Waals surface area contributed by atoms with Gasteiger partial charge in [-0.3, -0.25) is 16.0 Å². The first-order valence-electron chi connectivity index (χ1n) is 7.13. The molecule has 0 radical (unpaired) electrons. The van der Waals surface area contributed by atoms with Gasteiger partial charge >= 0.3 is 0 Å². The summed E-state index contributed by atoms with van der Waals surface area (Å²) < 4.78 is 7.54. The fourth-order valence-corrected chi connectivity index (χ4v) is 3.17. The highest BCUT2D eigenvalue weighted by atomic mass is 35.5. The third kappa shape index (κ3) is 2.86. The van der Waals surface area contributed by atoms with Gasteiger partial charge in [-0.1, -0.05) is 18.5 Å². The first-order valence-corrected chi connectivity index (χ1v) is 7.51. The number of nitrogens with one attached hydrogen (secondary N) is 1. The summed E-state index contributed by atoms with van der Waals surface area (Å²) in [6.07, 6.45) is 1.48. The van der Waals surface area contributed by atoms with Crippen LogP contribution in [0.25, 0.3) is 0 Å². The number of hydrazine groups is 1. The van der Waals surface area contributed by atoms with Crippen LogP contribution in [0, 0.1) is 20.8 Å². The second-order valence-corrected chi connectivity index (χ2v) is 5.74. The lowest BCUT2D eigenvalue weighted by molar-refractivity contribution is 0.480. The highest BCUT2D eigenvalue weighted by Crippen LogP contribution is 2.31. The Bertz CT molecular complexity index is 645. The normalized spacial score (nSPS) is 12.9. The highest BCUT2D eigenvalue weighted by molar-refractivity contribution is 6.31. The lowest BCUT2D eigenvalue weighted by Gasteiger charge is -2.17. The fraction of sp³-hybridized carbons (Fsp3) is 0.533. The average Bonchev–Trinajstić information content (AvgIpc) is 2.86. The van der Waals surface area contributed by atoms with Crippen LogP contribution >= 0.6 is 11.6 Å². The van der Waals surface area contributed by atoms with E-state index in [-0.39, 0.29) is 6.04 Å². The number of hydrogen-bond acceptors (Lipinski definition) is 4. The van der Waals surface area contributed by atoms with Gasteiger partial charge in [0.05, 0.1) is 22.5 Å². The summed E-state index contributed by atoms with van der Waals surface area (Å²) in [5.41, 5.74) is 7.01. The van der Waals surface area contributed by atoms with Crippen LogP contribution in [0.1, 0.15) is 47.0 Å². The van der Waals surface area contributed by atoms with E-state index < -0.39 is 0 Å². The summed E-state index contributed by atoms with van der Waals surface area (Å²) in [4.78, 5) is 0. The topological polar surface area (TPSA) is 69.0 Å². The van der Waals surface area contributed by atoms with E-state index in [1.807, 2.05) is 39.4 Å². The van der Waals surface area contributed by atoms with Crippen molar-refractivity contribution in [3.8, 4) is 0 Å². The molecule has 0 aliphatic carbocycles. The second kappa shape index (κ2) is 6.22. The molecule has 2 aromatic rings. The molecule has 6 heteroatoms. The largest absolute Gasteiger partial charge is 0.466 e. The van der Waals surface area contributed by atoms with Crippen LogP contribution in [0.4, 0.5) is 0 Å². The van der Waals surface area contributed by atoms with Crippen LogP contribution < -0.4 is 11.3 Å². The second-order valence-electron chi connectivity index (χ2n) is 5.36. The fourth-order valence-electron chi connectivity index (χ4n) is 2.80. The van der Waals surface area contributed by atoms with Crippen molar-refractivity contribution in [3.05, 3.63) is 39.1 Å². The van der Waals surface area contributed by atoms with Gasteiger partial charge in [0, 0.05) is 19.0 Å². The molecule has 3 N–H and O–H groups in total. The molecule has 0 saturated carbocycles. The molecule has 2 aromatic heterocycles. The van der Waals surface area contributed by atoms with E-state index in [1.165, 1.54) is 0 Å². The molecule has 0 bridgehead atoms. The summed E-state index contributed by atoms with van der Waals surface area (Å²) in [5, 5.41) is 5.18. The van der Waals surface area contributed by atoms with Gasteiger partial charge in [0.15, 0.2) is 0 Å². The van der Waals surface area contributed by atoms with Crippen molar-refractivity contribution in [2.24, 2.45) is 12.9 Å². The molecule has 0 fully saturated rings. The van der Waals surface area contributed by atoms with E-state index >= 15 is 0 Å². The molecule has 0 aliphatic rings. The molecule has 5 nitrogen and oxygen atoms in total. The molecule has 2 rings (SSSR count). The van der Waals surface area contributed by atoms with Crippen molar-refractivity contribution in [1.29, 1.82) is 0 Å². The van der Waals surface area contributed by atoms with E-state index in [0.29, 0.717) is 6.42 Å². The van der Waals surface area contributed by atoms with Gasteiger partial charge in [-0.25, -0.2) is 0 Å². The minimum absolute atomic E-state index is 0.0555. The summed E-state index contributed by atoms with van der Waals surface area (Å²) in [5.74, 6) is 7.59. The van der Waals surface area contributed by atoms with Crippen LogP contribution in [0.2, 0.25) is 5.02 Å². The zero-order chi connectivity index (χ0) is 15.7. The molecular weight excluding hydrogens is 288 g/mol. The minimum Gasteiger partial charge on any atom is -0.466 e. The molecule has 1 atom stereocenters. The van der Waals surface area contributed by atoms with Crippen LogP contribution in [0.15, 0.2) is 4.42 Å². The monoisotopic (exact) mass is 310 g/mol. The Kier molecular flexibility index (Phi) is 4.76. The van der Waals surface area contributed by atoms with E-state index in [1.54, 1.807) is 0 Å². The Morgan fingerprint density at radius 1 is 1.33 bits per heavy atom. The Labute approximate surface area is 130 Å². The van der Waals surface area contributed by atoms with Crippen LogP contribution in [0.5, 0.6) is 0 Å². The Morgan fingerprint density at radius 2 is 2.00 bits per heavy atom. The number of hydrogen-bond donors (Lipinski definition) is 2. The quantitative estimate of drug-likeness (QED) is 0.658. The van der Waals surface area contributed by atoms with Gasteiger partial charge in [0.1, 0.15) is 11.5 Å². The SMILES string of the molecule is CCc1nn(C)c(CC(NN)c2c(C)oc(C)c2C)c1Cl. The number of rotatable bonds is 5. The molecule has 0 amide bonds. The standard InChI is InChI=1S/C15H23ClN4O/c1-6-11-15(16)13(20(5)19-11)7-12(18-17)14-8(2)9(3)21-10(14)4/h12,18H,6-7,17H2,1-5H3. The number of furan rings is 1. The Balaban J connectivity index is 2.38. The Morgan fingerprint density at radius 3 is 2.43 bits per heavy atom. The van der Waals surface area contributed by atoms with E-state index in [9.17, 15) is 0 Å². The Hall–Kier alpha value is -1.30. The van der Waals surface area contributed by atoms with Crippen molar-refractivity contribution < 1.29 is 4.42 Å². The molecule has 116 valence electrons. The van der Waals surface area contributed by atoms with Crippen LogP contribution in [-0.4, -0.2) is 9.78 Å². The highest BCUT2D eigenvalue weighted by Gasteiger charge is 2.24. The summed E-state index contributed by atoms with van der Waals surface area (Å²) >= 11 is 6.43. The predicted octanol–water partition coefficient (Wildman–Crippen LogP) is 2.90. The lowest BCUT2D eigenvalue weighted by Crippen LogP contribution is -2.31. The average molecular weight is 311 g/mol. The van der Waals surface area contributed by atoms with Gasteiger partial charge in [-0.2, -0.15) is 5.10 Å². The third-order valence-electron chi connectivity index (χ3n) is 4.07. The van der Waals surface area contributed by atoms with E-state index in [2.05, 4.69) is 10.5 Å². The minimum atomic E-state index is -0.0555. The van der Waals surface area contributed by atoms with Crippen molar-refractivity contribution in [3.63, 3.8) is 0 Å². The number of aromatic nitrogens is 2. The zero-order valence-corrected chi connectivity index (χ0v) is 14.0. The first-order chi connectivity index (χ1) is 9.90. The molecule has 2 heterocycles. The van der Waals surface area contributed by atoms with Gasteiger partial charge in [0.25, 0.3) is 0 Å². The molecular formula is C15H23ClN4O. The molecule has 1 unspecified atom stereocenters. The smallest absolute Gasteiger partial charge is 0.106 e. The number of nitrogens with zero attached hydrogens (tertiary/aromatic N) is 2. The molecule has 0 saturated heterocycles. The van der Waals surface area contributed by atoms with Crippen molar-refractivity contribution in [2.75, 3.05) is 0 Å². The van der Waals surface area contributed by atoms with Gasteiger partial charge in [0.2, 0.25) is 0 Å². The van der Waals surface area contributed by atoms with E-state index in [0.717, 1.165) is 45.5 Å². The van der Waals surface area contributed by atoms with Crippen LogP contribution in [0.3, 0.4) is 0 Å². The van der Waals surface area contributed by atoms with Crippen molar-refractivity contribution in [2.45, 2.75) is 46.6 Å². The van der Waals surface area contributed by atoms with Gasteiger partial charge < -0.3 is 4.42 Å². The van der Waals surface area contributed by atoms with Crippen molar-refractivity contribution >= 4 is 11.6 Å². The number of nitrogens with two attached hydrogens (primary N) is 1. The molecule has 0 aromatic carbocycles. The summed E-state index contributed by atoms with van der Waals surface area (Å²) in [6.45, 7) is 8.02. The number of halogens is 1. The molecule has 0 spiro atoms. The van der Waals surface area contributed by atoms with Crippen molar-refractivity contribution in [1.82, 2.24) is 15.2 Å². The summed E-state index contributed by atoms with van der Waals surface area (Å²) in [6, 6.07) is -0.0555. The third-order valence-corrected chi connectivity index (χ3v) is 4.50. The maximum absolute atomic E-state index is 6.43. The number of aryl methyl sites for hydroxylation is 4. The van der Waals surface area contributed by atoms with Gasteiger partial charge in [-0.05, 0) is 32.8 Å². The zero-order valence-electron chi connectivity index (χ0n) is 13.2. The first kappa shape index (κ1) is 16.1.